The molecule has 1 aromatic heterocycles. The van der Waals surface area contributed by atoms with E-state index in [1.165, 1.54) is 19.3 Å². The molecule has 0 saturated heterocycles. The summed E-state index contributed by atoms with van der Waals surface area (Å²) < 4.78 is 5.33. The monoisotopic (exact) mass is 521 g/mol. The first kappa shape index (κ1) is 22.3. The first-order valence-electron chi connectivity index (χ1n) is 8.76. The van der Waals surface area contributed by atoms with Crippen molar-refractivity contribution in [1.82, 2.24) is 20.8 Å². The standard InChI is InChI=1S/C18H24ClN5OS.HI/c1-20-18(22-14-7-8-15(11-14)26-2)21-10-9-16-23-17(24-25-16)12-3-5-13(19)6-4-12;/h3-6,14-15H,7-11H2,1-2H3,(H2,20,21,22);1H. The Labute approximate surface area is 186 Å². The van der Waals surface area contributed by atoms with Gasteiger partial charge in [0.05, 0.1) is 0 Å². The van der Waals surface area contributed by atoms with Crippen LogP contribution >= 0.6 is 47.3 Å². The van der Waals surface area contributed by atoms with Crippen LogP contribution in [0.5, 0.6) is 0 Å². The van der Waals surface area contributed by atoms with Crippen LogP contribution in [-0.4, -0.2) is 47.2 Å². The van der Waals surface area contributed by atoms with Crippen molar-refractivity contribution in [3.05, 3.63) is 35.2 Å². The highest BCUT2D eigenvalue weighted by atomic mass is 127. The summed E-state index contributed by atoms with van der Waals surface area (Å²) in [7, 11) is 1.79. The van der Waals surface area contributed by atoms with Crippen LogP contribution < -0.4 is 10.6 Å². The maximum Gasteiger partial charge on any atom is 0.228 e. The number of halogens is 2. The fourth-order valence-electron chi connectivity index (χ4n) is 3.03. The molecule has 1 fully saturated rings. The van der Waals surface area contributed by atoms with Crippen molar-refractivity contribution >= 4 is 53.3 Å². The molecule has 9 heteroatoms. The van der Waals surface area contributed by atoms with Crippen molar-refractivity contribution in [3.63, 3.8) is 0 Å². The van der Waals surface area contributed by atoms with E-state index in [-0.39, 0.29) is 24.0 Å². The van der Waals surface area contributed by atoms with Crippen LogP contribution in [0.15, 0.2) is 33.8 Å². The maximum absolute atomic E-state index is 5.90. The van der Waals surface area contributed by atoms with Crippen LogP contribution in [0.4, 0.5) is 0 Å². The van der Waals surface area contributed by atoms with Gasteiger partial charge in [-0.15, -0.1) is 24.0 Å². The molecule has 3 rings (SSSR count). The fraction of sp³-hybridized carbons (Fsp3) is 0.500. The summed E-state index contributed by atoms with van der Waals surface area (Å²) in [5.41, 5.74) is 0.888. The zero-order chi connectivity index (χ0) is 18.4. The van der Waals surface area contributed by atoms with Gasteiger partial charge in [0, 0.05) is 41.9 Å². The van der Waals surface area contributed by atoms with Crippen molar-refractivity contribution in [1.29, 1.82) is 0 Å². The van der Waals surface area contributed by atoms with Crippen molar-refractivity contribution in [2.24, 2.45) is 4.99 Å². The van der Waals surface area contributed by atoms with Gasteiger partial charge in [0.1, 0.15) is 0 Å². The highest BCUT2D eigenvalue weighted by Crippen LogP contribution is 2.28. The number of hydrogen-bond donors (Lipinski definition) is 2. The third kappa shape index (κ3) is 6.53. The SMILES string of the molecule is CN=C(NCCc1nc(-c2ccc(Cl)cc2)no1)NC1CCC(SC)C1.I. The molecule has 6 nitrogen and oxygen atoms in total. The Morgan fingerprint density at radius 2 is 2.11 bits per heavy atom. The minimum absolute atomic E-state index is 0. The number of rotatable bonds is 6. The zero-order valence-electron chi connectivity index (χ0n) is 15.4. The molecule has 1 heterocycles. The maximum atomic E-state index is 5.90. The van der Waals surface area contributed by atoms with Gasteiger partial charge in [-0.3, -0.25) is 4.99 Å². The second kappa shape index (κ2) is 11.1. The van der Waals surface area contributed by atoms with E-state index in [0.29, 0.717) is 35.7 Å². The summed E-state index contributed by atoms with van der Waals surface area (Å²) >= 11 is 7.85. The Hall–Kier alpha value is -1.000. The molecule has 1 aliphatic carbocycles. The molecule has 0 spiro atoms. The van der Waals surface area contributed by atoms with Crippen LogP contribution in [0.2, 0.25) is 5.02 Å². The van der Waals surface area contributed by atoms with Crippen LogP contribution in [-0.2, 0) is 6.42 Å². The van der Waals surface area contributed by atoms with E-state index in [0.717, 1.165) is 16.8 Å². The molecule has 1 saturated carbocycles. The van der Waals surface area contributed by atoms with Crippen LogP contribution in [0.25, 0.3) is 11.4 Å². The summed E-state index contributed by atoms with van der Waals surface area (Å²) in [6, 6.07) is 7.89. The molecule has 27 heavy (non-hydrogen) atoms. The molecule has 2 aromatic rings. The fourth-order valence-corrected chi connectivity index (χ4v) is 3.96. The molecular weight excluding hydrogens is 497 g/mol. The minimum Gasteiger partial charge on any atom is -0.356 e. The lowest BCUT2D eigenvalue weighted by Crippen LogP contribution is -2.43. The Balaban J connectivity index is 0.00000261. The predicted octanol–water partition coefficient (Wildman–Crippen LogP) is 4.00. The van der Waals surface area contributed by atoms with Crippen LogP contribution in [0.1, 0.15) is 25.2 Å². The number of hydrogen-bond acceptors (Lipinski definition) is 5. The Kier molecular flexibility index (Phi) is 9.17. The van der Waals surface area contributed by atoms with Gasteiger partial charge in [0.15, 0.2) is 5.96 Å². The molecule has 2 atom stereocenters. The number of nitrogens with zero attached hydrogens (tertiary/aromatic N) is 3. The zero-order valence-corrected chi connectivity index (χ0v) is 19.3. The summed E-state index contributed by atoms with van der Waals surface area (Å²) in [5.74, 6) is 2.00. The predicted molar refractivity (Wildman–Crippen MR) is 123 cm³/mol. The van der Waals surface area contributed by atoms with Gasteiger partial charge in [-0.25, -0.2) is 0 Å². The van der Waals surface area contributed by atoms with Crippen molar-refractivity contribution in [3.8, 4) is 11.4 Å². The van der Waals surface area contributed by atoms with Gasteiger partial charge in [0.2, 0.25) is 11.7 Å². The minimum atomic E-state index is 0. The number of aromatic nitrogens is 2. The number of aliphatic imine (C=N–C) groups is 1. The van der Waals surface area contributed by atoms with Gasteiger partial charge in [-0.1, -0.05) is 16.8 Å². The highest BCUT2D eigenvalue weighted by molar-refractivity contribution is 14.0. The normalized spacial score (nSPS) is 19.6. The van der Waals surface area contributed by atoms with E-state index in [4.69, 9.17) is 16.1 Å². The molecule has 0 radical (unpaired) electrons. The van der Waals surface area contributed by atoms with Crippen molar-refractivity contribution in [2.45, 2.75) is 37.0 Å². The Morgan fingerprint density at radius 1 is 1.33 bits per heavy atom. The van der Waals surface area contributed by atoms with Crippen LogP contribution in [0, 0.1) is 0 Å². The van der Waals surface area contributed by atoms with Gasteiger partial charge in [-0.05, 0) is 49.8 Å². The van der Waals surface area contributed by atoms with E-state index < -0.39 is 0 Å². The quantitative estimate of drug-likeness (QED) is 0.340. The molecule has 0 aliphatic heterocycles. The van der Waals surface area contributed by atoms with E-state index in [9.17, 15) is 0 Å². The molecule has 0 bridgehead atoms. The lowest BCUT2D eigenvalue weighted by molar-refractivity contribution is 0.378. The molecule has 0 amide bonds. The number of benzene rings is 1. The summed E-state index contributed by atoms with van der Waals surface area (Å²) in [6.07, 6.45) is 6.48. The van der Waals surface area contributed by atoms with E-state index in [1.54, 1.807) is 7.05 Å². The molecular formula is C18H25ClIN5OS. The van der Waals surface area contributed by atoms with Gasteiger partial charge < -0.3 is 15.2 Å². The molecule has 2 unspecified atom stereocenters. The molecule has 148 valence electrons. The smallest absolute Gasteiger partial charge is 0.228 e. The number of thioether (sulfide) groups is 1. The van der Waals surface area contributed by atoms with Crippen molar-refractivity contribution in [2.75, 3.05) is 19.8 Å². The number of nitrogens with one attached hydrogen (secondary N) is 2. The van der Waals surface area contributed by atoms with E-state index in [1.807, 2.05) is 36.0 Å². The topological polar surface area (TPSA) is 75.3 Å². The van der Waals surface area contributed by atoms with Gasteiger partial charge in [0.25, 0.3) is 0 Å². The van der Waals surface area contributed by atoms with E-state index in [2.05, 4.69) is 32.0 Å². The average Bonchev–Trinajstić information content (AvgIpc) is 3.31. The summed E-state index contributed by atoms with van der Waals surface area (Å²) in [4.78, 5) is 8.74. The summed E-state index contributed by atoms with van der Waals surface area (Å²) in [5, 5.41) is 12.3. The first-order chi connectivity index (χ1) is 12.7. The van der Waals surface area contributed by atoms with Crippen LogP contribution in [0.3, 0.4) is 0 Å². The number of guanidine groups is 1. The van der Waals surface area contributed by atoms with Gasteiger partial charge in [-0.2, -0.15) is 16.7 Å². The highest BCUT2D eigenvalue weighted by Gasteiger charge is 2.24. The average molecular weight is 522 g/mol. The summed E-state index contributed by atoms with van der Waals surface area (Å²) in [6.45, 7) is 0.681. The molecule has 1 aliphatic rings. The third-order valence-corrected chi connectivity index (χ3v) is 5.83. The Morgan fingerprint density at radius 3 is 2.78 bits per heavy atom. The second-order valence-corrected chi connectivity index (χ2v) is 7.85. The third-order valence-electron chi connectivity index (χ3n) is 4.48. The Bertz CT molecular complexity index is 740. The lowest BCUT2D eigenvalue weighted by Gasteiger charge is -2.16. The lowest BCUT2D eigenvalue weighted by atomic mass is 10.2. The molecule has 2 N–H and O–H groups in total. The van der Waals surface area contributed by atoms with E-state index >= 15 is 0 Å². The largest absolute Gasteiger partial charge is 0.356 e. The second-order valence-electron chi connectivity index (χ2n) is 6.28. The molecule has 1 aromatic carbocycles. The van der Waals surface area contributed by atoms with Gasteiger partial charge >= 0.3 is 0 Å². The first-order valence-corrected chi connectivity index (χ1v) is 10.4. The van der Waals surface area contributed by atoms with Crippen molar-refractivity contribution < 1.29 is 4.52 Å².